The highest BCUT2D eigenvalue weighted by atomic mass is 16.5. The molecule has 0 aromatic heterocycles. The van der Waals surface area contributed by atoms with Gasteiger partial charge in [0.05, 0.1) is 12.7 Å². The molecule has 1 fully saturated rings. The predicted octanol–water partition coefficient (Wildman–Crippen LogP) is 3.27. The summed E-state index contributed by atoms with van der Waals surface area (Å²) in [4.78, 5) is 0. The van der Waals surface area contributed by atoms with Crippen molar-refractivity contribution in [3.05, 3.63) is 35.4 Å². The number of benzene rings is 1. The first-order chi connectivity index (χ1) is 9.76. The van der Waals surface area contributed by atoms with Gasteiger partial charge < -0.3 is 15.7 Å². The van der Waals surface area contributed by atoms with Gasteiger partial charge in [0.1, 0.15) is 0 Å². The Morgan fingerprint density at radius 3 is 2.85 bits per heavy atom. The molecule has 1 aliphatic carbocycles. The first-order valence-corrected chi connectivity index (χ1v) is 7.43. The molecule has 0 amide bonds. The van der Waals surface area contributed by atoms with Gasteiger partial charge in [0, 0.05) is 5.56 Å². The van der Waals surface area contributed by atoms with Crippen molar-refractivity contribution in [2.75, 3.05) is 0 Å². The van der Waals surface area contributed by atoms with E-state index in [4.69, 9.17) is 15.7 Å². The minimum atomic E-state index is 0.139. The molecule has 1 aromatic rings. The maximum Gasteiger partial charge on any atom is 0.170 e. The lowest BCUT2D eigenvalue weighted by Crippen LogP contribution is -2.27. The molecular formula is C16H24N2O2. The van der Waals surface area contributed by atoms with E-state index in [1.807, 2.05) is 24.3 Å². The number of nitrogens with zero attached hydrogens (tertiary/aromatic N) is 1. The van der Waals surface area contributed by atoms with Crippen LogP contribution in [-0.4, -0.2) is 17.1 Å². The van der Waals surface area contributed by atoms with Gasteiger partial charge in [-0.25, -0.2) is 0 Å². The topological polar surface area (TPSA) is 67.8 Å². The lowest BCUT2D eigenvalue weighted by Gasteiger charge is -2.31. The van der Waals surface area contributed by atoms with Crippen molar-refractivity contribution in [3.8, 4) is 0 Å². The average molecular weight is 276 g/mol. The summed E-state index contributed by atoms with van der Waals surface area (Å²) in [6.45, 7) is 2.75. The summed E-state index contributed by atoms with van der Waals surface area (Å²) in [5.74, 6) is 0.805. The first kappa shape index (κ1) is 14.9. The molecule has 1 saturated carbocycles. The van der Waals surface area contributed by atoms with Crippen LogP contribution in [0.25, 0.3) is 0 Å². The van der Waals surface area contributed by atoms with Crippen LogP contribution < -0.4 is 5.73 Å². The van der Waals surface area contributed by atoms with Crippen LogP contribution >= 0.6 is 0 Å². The van der Waals surface area contributed by atoms with Gasteiger partial charge in [0.25, 0.3) is 0 Å². The number of ether oxygens (including phenoxy) is 1. The third-order valence-corrected chi connectivity index (χ3v) is 4.22. The fraction of sp³-hybridized carbons (Fsp3) is 0.562. The van der Waals surface area contributed by atoms with Crippen molar-refractivity contribution >= 4 is 5.84 Å². The highest BCUT2D eigenvalue weighted by molar-refractivity contribution is 5.98. The predicted molar refractivity (Wildman–Crippen MR) is 79.8 cm³/mol. The molecular weight excluding hydrogens is 252 g/mol. The Morgan fingerprint density at radius 2 is 2.10 bits per heavy atom. The lowest BCUT2D eigenvalue weighted by atomic mass is 9.85. The van der Waals surface area contributed by atoms with E-state index in [-0.39, 0.29) is 5.84 Å². The van der Waals surface area contributed by atoms with Gasteiger partial charge >= 0.3 is 0 Å². The molecule has 110 valence electrons. The van der Waals surface area contributed by atoms with Crippen LogP contribution in [0.3, 0.4) is 0 Å². The zero-order chi connectivity index (χ0) is 14.4. The molecule has 3 N–H and O–H groups in total. The summed E-state index contributed by atoms with van der Waals surface area (Å²) < 4.78 is 6.12. The van der Waals surface area contributed by atoms with E-state index in [1.54, 1.807) is 0 Å². The van der Waals surface area contributed by atoms with E-state index >= 15 is 0 Å². The quantitative estimate of drug-likeness (QED) is 0.375. The van der Waals surface area contributed by atoms with Crippen molar-refractivity contribution < 1.29 is 9.94 Å². The number of nitrogens with two attached hydrogens (primary N) is 1. The van der Waals surface area contributed by atoms with Gasteiger partial charge in [-0.2, -0.15) is 0 Å². The molecule has 0 aliphatic heterocycles. The maximum absolute atomic E-state index is 8.83. The molecule has 0 radical (unpaired) electrons. The fourth-order valence-electron chi connectivity index (χ4n) is 3.01. The Hall–Kier alpha value is -1.55. The molecule has 1 aromatic carbocycles. The lowest BCUT2D eigenvalue weighted by molar-refractivity contribution is -0.0222. The number of amidine groups is 1. The molecule has 0 saturated heterocycles. The van der Waals surface area contributed by atoms with Crippen LogP contribution in [-0.2, 0) is 11.3 Å². The van der Waals surface area contributed by atoms with Crippen molar-refractivity contribution in [3.63, 3.8) is 0 Å². The SMILES string of the molecule is CCC1CCCCC1OCc1ccccc1/C(N)=N/O. The van der Waals surface area contributed by atoms with Crippen molar-refractivity contribution in [1.29, 1.82) is 0 Å². The second-order valence-electron chi connectivity index (χ2n) is 5.44. The average Bonchev–Trinajstić information content (AvgIpc) is 2.52. The van der Waals surface area contributed by atoms with E-state index < -0.39 is 0 Å². The highest BCUT2D eigenvalue weighted by Crippen LogP contribution is 2.30. The van der Waals surface area contributed by atoms with Gasteiger partial charge in [-0.1, -0.05) is 55.6 Å². The third kappa shape index (κ3) is 3.51. The molecule has 0 spiro atoms. The van der Waals surface area contributed by atoms with Gasteiger partial charge in [-0.3, -0.25) is 0 Å². The number of oxime groups is 1. The minimum absolute atomic E-state index is 0.139. The van der Waals surface area contributed by atoms with Gasteiger partial charge in [-0.05, 0) is 24.3 Å². The van der Waals surface area contributed by atoms with Gasteiger partial charge in [0.2, 0.25) is 0 Å². The van der Waals surface area contributed by atoms with E-state index in [0.29, 0.717) is 18.6 Å². The molecule has 2 unspecified atom stereocenters. The summed E-state index contributed by atoms with van der Waals surface area (Å²) in [5.41, 5.74) is 7.43. The standard InChI is InChI=1S/C16H24N2O2/c1-2-12-7-4-6-10-15(12)20-11-13-8-3-5-9-14(13)16(17)18-19/h3,5,8-9,12,15,19H,2,4,6-7,10-11H2,1H3,(H2,17,18). The summed E-state index contributed by atoms with van der Waals surface area (Å²) in [6.07, 6.45) is 6.50. The molecule has 1 aliphatic rings. The van der Waals surface area contributed by atoms with Crippen LogP contribution in [0, 0.1) is 5.92 Å². The number of hydrogen-bond acceptors (Lipinski definition) is 3. The largest absolute Gasteiger partial charge is 0.409 e. The van der Waals surface area contributed by atoms with Crippen LogP contribution in [0.5, 0.6) is 0 Å². The molecule has 20 heavy (non-hydrogen) atoms. The van der Waals surface area contributed by atoms with Crippen molar-refractivity contribution in [1.82, 2.24) is 0 Å². The van der Waals surface area contributed by atoms with Crippen molar-refractivity contribution in [2.45, 2.75) is 51.7 Å². The van der Waals surface area contributed by atoms with Crippen LogP contribution in [0.1, 0.15) is 50.2 Å². The van der Waals surface area contributed by atoms with Gasteiger partial charge in [0.15, 0.2) is 5.84 Å². The van der Waals surface area contributed by atoms with E-state index in [9.17, 15) is 0 Å². The minimum Gasteiger partial charge on any atom is -0.409 e. The Bertz CT molecular complexity index is 460. The Kier molecular flexibility index (Phi) is 5.41. The second kappa shape index (κ2) is 7.29. The smallest absolute Gasteiger partial charge is 0.170 e. The first-order valence-electron chi connectivity index (χ1n) is 7.43. The third-order valence-electron chi connectivity index (χ3n) is 4.22. The summed E-state index contributed by atoms with van der Waals surface area (Å²) in [6, 6.07) is 7.65. The van der Waals surface area contributed by atoms with Crippen molar-refractivity contribution in [2.24, 2.45) is 16.8 Å². The molecule has 4 heteroatoms. The van der Waals surface area contributed by atoms with Crippen LogP contribution in [0.4, 0.5) is 0 Å². The number of rotatable bonds is 5. The summed E-state index contributed by atoms with van der Waals surface area (Å²) in [5, 5.41) is 11.9. The fourth-order valence-corrected chi connectivity index (χ4v) is 3.01. The van der Waals surface area contributed by atoms with Gasteiger partial charge in [-0.15, -0.1) is 0 Å². The maximum atomic E-state index is 8.83. The normalized spacial score (nSPS) is 23.8. The van der Waals surface area contributed by atoms with E-state index in [0.717, 1.165) is 17.5 Å². The van der Waals surface area contributed by atoms with Crippen LogP contribution in [0.15, 0.2) is 29.4 Å². The van der Waals surface area contributed by atoms with E-state index in [2.05, 4.69) is 12.1 Å². The molecule has 0 heterocycles. The summed E-state index contributed by atoms with van der Waals surface area (Å²) in [7, 11) is 0. The molecule has 0 bridgehead atoms. The highest BCUT2D eigenvalue weighted by Gasteiger charge is 2.24. The molecule has 2 rings (SSSR count). The molecule has 4 nitrogen and oxygen atoms in total. The van der Waals surface area contributed by atoms with Crippen LogP contribution in [0.2, 0.25) is 0 Å². The zero-order valence-corrected chi connectivity index (χ0v) is 12.1. The number of hydrogen-bond donors (Lipinski definition) is 2. The summed E-state index contributed by atoms with van der Waals surface area (Å²) >= 11 is 0. The van der Waals surface area contributed by atoms with E-state index in [1.165, 1.54) is 25.7 Å². The zero-order valence-electron chi connectivity index (χ0n) is 12.1. The Morgan fingerprint density at radius 1 is 1.35 bits per heavy atom. The monoisotopic (exact) mass is 276 g/mol. The Balaban J connectivity index is 2.03. The molecule has 2 atom stereocenters. The Labute approximate surface area is 120 Å². The second-order valence-corrected chi connectivity index (χ2v) is 5.44.